The number of fused-ring (bicyclic) bond motifs is 2. The first-order valence-electron chi connectivity index (χ1n) is 12.9. The van der Waals surface area contributed by atoms with Crippen molar-refractivity contribution < 1.29 is 14.3 Å². The Labute approximate surface area is 205 Å². The van der Waals surface area contributed by atoms with Gasteiger partial charge in [-0.1, -0.05) is 12.8 Å². The maximum Gasteiger partial charge on any atom is 0.254 e. The van der Waals surface area contributed by atoms with Gasteiger partial charge >= 0.3 is 0 Å². The minimum Gasteiger partial charge on any atom is -0.486 e. The number of nitrogens with zero attached hydrogens (tertiary/aromatic N) is 5. The van der Waals surface area contributed by atoms with Crippen LogP contribution in [0.3, 0.4) is 0 Å². The predicted octanol–water partition coefficient (Wildman–Crippen LogP) is 4.15. The minimum atomic E-state index is 0.0607. The van der Waals surface area contributed by atoms with Crippen molar-refractivity contribution >= 4 is 16.9 Å². The van der Waals surface area contributed by atoms with Crippen LogP contribution in [0.25, 0.3) is 22.3 Å². The number of aromatic nitrogens is 3. The van der Waals surface area contributed by atoms with E-state index in [4.69, 9.17) is 14.5 Å². The van der Waals surface area contributed by atoms with Gasteiger partial charge in [-0.25, -0.2) is 9.67 Å². The van der Waals surface area contributed by atoms with Gasteiger partial charge in [0.2, 0.25) is 0 Å². The summed E-state index contributed by atoms with van der Waals surface area (Å²) in [6, 6.07) is 8.60. The van der Waals surface area contributed by atoms with Crippen molar-refractivity contribution in [2.45, 2.75) is 51.6 Å². The first kappa shape index (κ1) is 22.3. The van der Waals surface area contributed by atoms with E-state index in [1.54, 1.807) is 6.20 Å². The molecule has 1 saturated heterocycles. The molecule has 0 radical (unpaired) electrons. The number of amides is 1. The van der Waals surface area contributed by atoms with Crippen LogP contribution in [-0.4, -0.2) is 75.9 Å². The summed E-state index contributed by atoms with van der Waals surface area (Å²) in [5.74, 6) is 1.51. The molecule has 8 nitrogen and oxygen atoms in total. The lowest BCUT2D eigenvalue weighted by Gasteiger charge is -2.38. The van der Waals surface area contributed by atoms with Crippen LogP contribution in [-0.2, 0) is 0 Å². The normalized spacial score (nSPS) is 19.1. The summed E-state index contributed by atoms with van der Waals surface area (Å²) in [5, 5.41) is 5.39. The van der Waals surface area contributed by atoms with Gasteiger partial charge in [-0.15, -0.1) is 0 Å². The number of hydrogen-bond acceptors (Lipinski definition) is 6. The van der Waals surface area contributed by atoms with E-state index < -0.39 is 0 Å². The second-order valence-corrected chi connectivity index (χ2v) is 10.1. The summed E-state index contributed by atoms with van der Waals surface area (Å²) in [6.07, 6.45) is 7.05. The van der Waals surface area contributed by atoms with Gasteiger partial charge in [0, 0.05) is 43.8 Å². The molecule has 2 aromatic heterocycles. The van der Waals surface area contributed by atoms with Crippen molar-refractivity contribution in [3.63, 3.8) is 0 Å². The molecule has 3 aromatic rings. The van der Waals surface area contributed by atoms with Gasteiger partial charge in [-0.05, 0) is 51.0 Å². The third-order valence-electron chi connectivity index (χ3n) is 7.57. The molecule has 0 atom stereocenters. The summed E-state index contributed by atoms with van der Waals surface area (Å²) in [5.41, 5.74) is 3.04. The zero-order valence-corrected chi connectivity index (χ0v) is 20.6. The lowest BCUT2D eigenvalue weighted by atomic mass is 10.0. The number of ether oxygens (including phenoxy) is 2. The molecule has 0 bridgehead atoms. The highest BCUT2D eigenvalue weighted by Crippen LogP contribution is 2.35. The second kappa shape index (κ2) is 9.15. The molecule has 35 heavy (non-hydrogen) atoms. The molecule has 0 N–H and O–H groups in total. The average molecular weight is 476 g/mol. The Balaban J connectivity index is 1.35. The molecule has 2 aliphatic heterocycles. The molecular weight excluding hydrogens is 442 g/mol. The number of hydrogen-bond donors (Lipinski definition) is 0. The minimum absolute atomic E-state index is 0.0607. The van der Waals surface area contributed by atoms with Crippen molar-refractivity contribution in [3.8, 4) is 22.8 Å². The number of carbonyl (C=O) groups is 1. The Morgan fingerprint density at radius 2 is 1.74 bits per heavy atom. The summed E-state index contributed by atoms with van der Waals surface area (Å²) in [6.45, 7) is 8.66. The van der Waals surface area contributed by atoms with Crippen LogP contribution < -0.4 is 9.47 Å². The Morgan fingerprint density at radius 3 is 2.49 bits per heavy atom. The maximum absolute atomic E-state index is 13.8. The highest BCUT2D eigenvalue weighted by Gasteiger charge is 2.30. The van der Waals surface area contributed by atoms with Crippen molar-refractivity contribution in [1.82, 2.24) is 24.6 Å². The highest BCUT2D eigenvalue weighted by molar-refractivity contribution is 6.06. The summed E-state index contributed by atoms with van der Waals surface area (Å²) < 4.78 is 13.4. The summed E-state index contributed by atoms with van der Waals surface area (Å²) in [7, 11) is 0. The molecule has 184 valence electrons. The van der Waals surface area contributed by atoms with Crippen molar-refractivity contribution in [2.24, 2.45) is 0 Å². The number of carbonyl (C=O) groups excluding carboxylic acids is 1. The number of benzene rings is 1. The molecule has 0 spiro atoms. The highest BCUT2D eigenvalue weighted by atomic mass is 16.6. The summed E-state index contributed by atoms with van der Waals surface area (Å²) in [4.78, 5) is 23.4. The third kappa shape index (κ3) is 4.14. The first-order valence-corrected chi connectivity index (χ1v) is 12.9. The molecule has 1 saturated carbocycles. The van der Waals surface area contributed by atoms with E-state index in [1.165, 1.54) is 25.7 Å². The Bertz CT molecular complexity index is 1240. The van der Waals surface area contributed by atoms with E-state index >= 15 is 0 Å². The SMILES string of the molecule is CC(C)n1ncc2c(C(=O)N3CCN(C4CCCC4)CC3)cc(-c3ccc4c(c3)OCCO4)nc21. The van der Waals surface area contributed by atoms with Crippen molar-refractivity contribution in [2.75, 3.05) is 39.4 Å². The monoisotopic (exact) mass is 475 g/mol. The van der Waals surface area contributed by atoms with Crippen LogP contribution in [0.15, 0.2) is 30.5 Å². The Morgan fingerprint density at radius 1 is 1.00 bits per heavy atom. The zero-order valence-electron chi connectivity index (χ0n) is 20.6. The fourth-order valence-electron chi connectivity index (χ4n) is 5.65. The summed E-state index contributed by atoms with van der Waals surface area (Å²) >= 11 is 0. The standard InChI is InChI=1S/C27H33N5O3/c1-18(2)32-26-22(17-28-32)21(27(33)31-11-9-30(10-12-31)20-5-3-4-6-20)16-23(29-26)19-7-8-24-25(15-19)35-14-13-34-24/h7-8,15-18,20H,3-6,9-14H2,1-2H3. The van der Waals surface area contributed by atoms with E-state index in [2.05, 4.69) is 23.8 Å². The molecule has 1 amide bonds. The van der Waals surface area contributed by atoms with Crippen LogP contribution in [0.4, 0.5) is 0 Å². The molecule has 1 aromatic carbocycles. The Hall–Kier alpha value is -3.13. The van der Waals surface area contributed by atoms with Crippen LogP contribution in [0.2, 0.25) is 0 Å². The van der Waals surface area contributed by atoms with Gasteiger partial charge < -0.3 is 14.4 Å². The molecule has 6 rings (SSSR count). The van der Waals surface area contributed by atoms with Gasteiger partial charge in [0.25, 0.3) is 5.91 Å². The quantitative estimate of drug-likeness (QED) is 0.565. The lowest BCUT2D eigenvalue weighted by Crippen LogP contribution is -2.51. The van der Waals surface area contributed by atoms with Gasteiger partial charge in [-0.3, -0.25) is 9.69 Å². The number of piperazine rings is 1. The van der Waals surface area contributed by atoms with Crippen LogP contribution in [0.5, 0.6) is 11.5 Å². The zero-order chi connectivity index (χ0) is 23.9. The van der Waals surface area contributed by atoms with E-state index in [0.717, 1.165) is 54.2 Å². The van der Waals surface area contributed by atoms with Crippen LogP contribution in [0, 0.1) is 0 Å². The molecule has 3 aliphatic rings. The number of rotatable bonds is 4. The van der Waals surface area contributed by atoms with Gasteiger partial charge in [0.15, 0.2) is 17.1 Å². The van der Waals surface area contributed by atoms with Gasteiger partial charge in [0.05, 0.1) is 22.8 Å². The molecular formula is C27H33N5O3. The van der Waals surface area contributed by atoms with Gasteiger partial charge in [0.1, 0.15) is 13.2 Å². The topological polar surface area (TPSA) is 72.7 Å². The van der Waals surface area contributed by atoms with Crippen molar-refractivity contribution in [1.29, 1.82) is 0 Å². The van der Waals surface area contributed by atoms with Gasteiger partial charge in [-0.2, -0.15) is 5.10 Å². The molecule has 1 aliphatic carbocycles. The van der Waals surface area contributed by atoms with Crippen LogP contribution in [0.1, 0.15) is 55.9 Å². The van der Waals surface area contributed by atoms with Crippen LogP contribution >= 0.6 is 0 Å². The lowest BCUT2D eigenvalue weighted by molar-refractivity contribution is 0.0575. The van der Waals surface area contributed by atoms with Crippen molar-refractivity contribution in [3.05, 3.63) is 36.0 Å². The molecule has 8 heteroatoms. The smallest absolute Gasteiger partial charge is 0.254 e. The third-order valence-corrected chi connectivity index (χ3v) is 7.57. The number of pyridine rings is 1. The average Bonchev–Trinajstić information content (AvgIpc) is 3.58. The second-order valence-electron chi connectivity index (χ2n) is 10.1. The maximum atomic E-state index is 13.8. The Kier molecular flexibility index (Phi) is 5.84. The molecule has 0 unspecified atom stereocenters. The fraction of sp³-hybridized carbons (Fsp3) is 0.519. The molecule has 2 fully saturated rings. The van der Waals surface area contributed by atoms with E-state index in [0.29, 0.717) is 30.6 Å². The first-order chi connectivity index (χ1) is 17.1. The largest absolute Gasteiger partial charge is 0.486 e. The fourth-order valence-corrected chi connectivity index (χ4v) is 5.65. The molecule has 4 heterocycles. The predicted molar refractivity (Wildman–Crippen MR) is 134 cm³/mol. The van der Waals surface area contributed by atoms with E-state index in [1.807, 2.05) is 33.8 Å². The van der Waals surface area contributed by atoms with E-state index in [-0.39, 0.29) is 11.9 Å². The van der Waals surface area contributed by atoms with E-state index in [9.17, 15) is 4.79 Å².